The van der Waals surface area contributed by atoms with Crippen LogP contribution in [0.2, 0.25) is 0 Å². The number of piperazine rings is 1. The number of nitrogens with zero attached hydrogens (tertiary/aromatic N) is 2. The van der Waals surface area contributed by atoms with Gasteiger partial charge in [-0.1, -0.05) is 51.1 Å². The van der Waals surface area contributed by atoms with E-state index >= 15 is 0 Å². The Labute approximate surface area is 282 Å². The van der Waals surface area contributed by atoms with E-state index in [2.05, 4.69) is 40.3 Å². The van der Waals surface area contributed by atoms with Crippen molar-refractivity contribution in [2.75, 3.05) is 52.5 Å². The maximum Gasteiger partial charge on any atom is 0.344 e. The number of amides is 3. The molecule has 0 bridgehead atoms. The molecule has 0 aliphatic carbocycles. The molecule has 4 atom stereocenters. The Bertz CT molecular complexity index is 1320. The number of hydrogen-bond donors (Lipinski definition) is 3. The molecule has 0 radical (unpaired) electrons. The van der Waals surface area contributed by atoms with Gasteiger partial charge in [-0.2, -0.15) is 12.6 Å². The van der Waals surface area contributed by atoms with Crippen molar-refractivity contribution in [3.05, 3.63) is 47.5 Å². The van der Waals surface area contributed by atoms with Crippen LogP contribution in [0.3, 0.4) is 0 Å². The van der Waals surface area contributed by atoms with Gasteiger partial charge in [0.1, 0.15) is 6.10 Å². The molecular weight excluding hydrogens is 624 g/mol. The molecule has 258 valence electrons. The first-order valence-electron chi connectivity index (χ1n) is 16.3. The predicted octanol–water partition coefficient (Wildman–Crippen LogP) is 2.18. The molecule has 3 heterocycles. The van der Waals surface area contributed by atoms with Gasteiger partial charge in [-0.05, 0) is 30.5 Å². The molecule has 0 saturated carbocycles. The molecule has 3 amide bonds. The average molecular weight is 673 g/mol. The smallest absolute Gasteiger partial charge is 0.344 e. The molecular formula is C34H48N4O8S. The highest BCUT2D eigenvalue weighted by Gasteiger charge is 2.54. The quantitative estimate of drug-likeness (QED) is 0.215. The Morgan fingerprint density at radius 1 is 1.06 bits per heavy atom. The first kappa shape index (κ1) is 36.4. The number of epoxide rings is 1. The Morgan fingerprint density at radius 3 is 2.45 bits per heavy atom. The van der Waals surface area contributed by atoms with Crippen LogP contribution >= 0.6 is 12.6 Å². The predicted molar refractivity (Wildman–Crippen MR) is 177 cm³/mol. The first-order chi connectivity index (χ1) is 22.2. The van der Waals surface area contributed by atoms with E-state index in [-0.39, 0.29) is 42.6 Å². The molecule has 0 aromatic heterocycles. The number of nitrogens with one attached hydrogen (secondary N) is 2. The third kappa shape index (κ3) is 10.8. The third-order valence-corrected chi connectivity index (χ3v) is 9.32. The standard InChI is InChI=1S/C34H48N4O8S/c1-23(34(4)22-36-27(40)19-35-26(39)7-5-6-18-44-29(42)21-45-32(34)43)30-31(46-30)25-10-8-24(9-11-25)20-37-14-16-38(17-15-37)28(41)12-13-33(2,3)47/h5,7-11,23,30-31,47H,6,12-22H2,1-4H3,(H,35,39)(H,36,40)/t23-,30-,31-,34?/m1/s1. The van der Waals surface area contributed by atoms with Gasteiger partial charge in [0.25, 0.3) is 0 Å². The lowest BCUT2D eigenvalue weighted by atomic mass is 9.75. The number of carbonyl (C=O) groups is 5. The molecule has 3 aliphatic heterocycles. The maximum absolute atomic E-state index is 13.4. The highest BCUT2D eigenvalue weighted by Crippen LogP contribution is 2.49. The topological polar surface area (TPSA) is 147 Å². The van der Waals surface area contributed by atoms with Gasteiger partial charge in [-0.25, -0.2) is 4.79 Å². The third-order valence-electron chi connectivity index (χ3n) is 9.09. The minimum atomic E-state index is -1.23. The number of thiol groups is 1. The average Bonchev–Trinajstić information content (AvgIpc) is 3.84. The second-order valence-electron chi connectivity index (χ2n) is 13.4. The zero-order valence-electron chi connectivity index (χ0n) is 27.8. The van der Waals surface area contributed by atoms with Crippen molar-refractivity contribution < 1.29 is 38.2 Å². The fourth-order valence-electron chi connectivity index (χ4n) is 5.68. The lowest BCUT2D eigenvalue weighted by Crippen LogP contribution is -2.49. The van der Waals surface area contributed by atoms with Crippen molar-refractivity contribution in [2.24, 2.45) is 11.3 Å². The van der Waals surface area contributed by atoms with Crippen LogP contribution < -0.4 is 10.6 Å². The van der Waals surface area contributed by atoms with Crippen LogP contribution in [0.25, 0.3) is 0 Å². The molecule has 4 rings (SSSR count). The van der Waals surface area contributed by atoms with Crippen molar-refractivity contribution in [3.63, 3.8) is 0 Å². The van der Waals surface area contributed by atoms with Crippen LogP contribution in [-0.4, -0.2) is 103 Å². The van der Waals surface area contributed by atoms with E-state index in [1.54, 1.807) is 6.92 Å². The molecule has 13 heteroatoms. The Hall–Kier alpha value is -3.42. The van der Waals surface area contributed by atoms with Crippen molar-refractivity contribution in [1.29, 1.82) is 0 Å². The number of benzene rings is 1. The SMILES string of the molecule is C[C@H]([C@H]1O[C@@H]1c1ccc(CN2CCN(C(=O)CCC(C)(C)S)CC2)cc1)C1(C)CNC(=O)CNC(=O)C=CCCOC(=O)COC1=O. The minimum Gasteiger partial charge on any atom is -0.463 e. The number of cyclic esters (lactones) is 2. The Morgan fingerprint density at radius 2 is 1.77 bits per heavy atom. The summed E-state index contributed by atoms with van der Waals surface area (Å²) in [6, 6.07) is 8.20. The summed E-state index contributed by atoms with van der Waals surface area (Å²) >= 11 is 4.53. The van der Waals surface area contributed by atoms with Crippen LogP contribution in [0.4, 0.5) is 0 Å². The summed E-state index contributed by atoms with van der Waals surface area (Å²) in [5, 5.41) is 5.22. The van der Waals surface area contributed by atoms with Crippen LogP contribution in [0.5, 0.6) is 0 Å². The van der Waals surface area contributed by atoms with E-state index in [1.165, 1.54) is 12.2 Å². The number of hydrogen-bond acceptors (Lipinski definition) is 10. The van der Waals surface area contributed by atoms with Gasteiger partial charge in [0.05, 0.1) is 24.7 Å². The fraction of sp³-hybridized carbons (Fsp3) is 0.618. The zero-order valence-corrected chi connectivity index (χ0v) is 28.7. The molecule has 1 aromatic rings. The molecule has 2 saturated heterocycles. The van der Waals surface area contributed by atoms with Crippen molar-refractivity contribution >= 4 is 42.3 Å². The van der Waals surface area contributed by atoms with Crippen molar-refractivity contribution in [3.8, 4) is 0 Å². The van der Waals surface area contributed by atoms with Crippen LogP contribution in [-0.2, 0) is 44.7 Å². The van der Waals surface area contributed by atoms with Gasteiger partial charge in [-0.3, -0.25) is 24.1 Å². The molecule has 2 N–H and O–H groups in total. The summed E-state index contributed by atoms with van der Waals surface area (Å²) < 4.78 is 16.4. The van der Waals surface area contributed by atoms with Crippen LogP contribution in [0, 0.1) is 11.3 Å². The number of carbonyl (C=O) groups excluding carboxylic acids is 5. The maximum atomic E-state index is 13.4. The number of rotatable bonds is 8. The highest BCUT2D eigenvalue weighted by atomic mass is 32.1. The van der Waals surface area contributed by atoms with Gasteiger partial charge in [0.2, 0.25) is 17.7 Å². The molecule has 1 unspecified atom stereocenters. The van der Waals surface area contributed by atoms with Gasteiger partial charge in [-0.15, -0.1) is 0 Å². The van der Waals surface area contributed by atoms with Crippen LogP contribution in [0.15, 0.2) is 36.4 Å². The summed E-state index contributed by atoms with van der Waals surface area (Å²) in [4.78, 5) is 66.8. The molecule has 1 aromatic carbocycles. The van der Waals surface area contributed by atoms with Crippen molar-refractivity contribution in [2.45, 2.75) is 70.5 Å². The molecule has 3 aliphatic rings. The largest absolute Gasteiger partial charge is 0.463 e. The second kappa shape index (κ2) is 16.1. The van der Waals surface area contributed by atoms with Gasteiger partial charge < -0.3 is 29.7 Å². The lowest BCUT2D eigenvalue weighted by Gasteiger charge is -2.35. The second-order valence-corrected chi connectivity index (χ2v) is 14.6. The Balaban J connectivity index is 1.32. The van der Waals surface area contributed by atoms with Gasteiger partial charge in [0, 0.05) is 62.8 Å². The van der Waals surface area contributed by atoms with E-state index in [0.717, 1.165) is 37.2 Å². The molecule has 47 heavy (non-hydrogen) atoms. The first-order valence-corrected chi connectivity index (χ1v) is 16.7. The van der Waals surface area contributed by atoms with E-state index in [1.807, 2.05) is 37.8 Å². The van der Waals surface area contributed by atoms with E-state index < -0.39 is 41.7 Å². The normalized spacial score (nSPS) is 26.1. The van der Waals surface area contributed by atoms with E-state index in [9.17, 15) is 24.0 Å². The summed E-state index contributed by atoms with van der Waals surface area (Å²) in [5.74, 6) is -2.48. The molecule has 12 nitrogen and oxygen atoms in total. The Kier molecular flexibility index (Phi) is 12.5. The highest BCUT2D eigenvalue weighted by molar-refractivity contribution is 7.81. The summed E-state index contributed by atoms with van der Waals surface area (Å²) in [6.07, 6.45) is 3.79. The number of ether oxygens (including phenoxy) is 3. The molecule has 2 fully saturated rings. The zero-order chi connectivity index (χ0) is 34.2. The van der Waals surface area contributed by atoms with E-state index in [0.29, 0.717) is 25.9 Å². The summed E-state index contributed by atoms with van der Waals surface area (Å²) in [6.45, 7) is 10.5. The summed E-state index contributed by atoms with van der Waals surface area (Å²) in [5.41, 5.74) is 0.894. The van der Waals surface area contributed by atoms with Gasteiger partial charge >= 0.3 is 11.9 Å². The fourth-order valence-corrected chi connectivity index (χ4v) is 5.80. The van der Waals surface area contributed by atoms with Crippen molar-refractivity contribution in [1.82, 2.24) is 20.4 Å². The lowest BCUT2D eigenvalue weighted by molar-refractivity contribution is -0.167. The monoisotopic (exact) mass is 672 g/mol. The van der Waals surface area contributed by atoms with Gasteiger partial charge in [0.15, 0.2) is 6.61 Å². The molecule has 0 spiro atoms. The van der Waals surface area contributed by atoms with E-state index in [4.69, 9.17) is 14.2 Å². The minimum absolute atomic E-state index is 0.0259. The number of esters is 2. The summed E-state index contributed by atoms with van der Waals surface area (Å²) in [7, 11) is 0. The van der Waals surface area contributed by atoms with Crippen LogP contribution in [0.1, 0.15) is 64.2 Å².